The maximum atomic E-state index is 14.3. The van der Waals surface area contributed by atoms with Gasteiger partial charge in [0.25, 0.3) is 5.60 Å². The summed E-state index contributed by atoms with van der Waals surface area (Å²) in [6.07, 6.45) is -15.5. The van der Waals surface area contributed by atoms with E-state index in [1.807, 2.05) is 0 Å². The SMILES string of the molecule is CC(C(=O)Nc1ccc(C2=NOC(c3cc(Cl)c(Cl)c(C(F)(F)F)c3)(C(F)(F)F)C2)cc1Br)S(C)=NC(=O)C(F)(F)F. The summed E-state index contributed by atoms with van der Waals surface area (Å²) in [7, 11) is -1.66. The Kier molecular flexibility index (Phi) is 9.72. The third kappa shape index (κ3) is 7.05. The number of hydrogen-bond acceptors (Lipinski definition) is 4. The second-order valence-corrected chi connectivity index (χ2v) is 12.3. The van der Waals surface area contributed by atoms with E-state index in [-0.39, 0.29) is 27.5 Å². The lowest BCUT2D eigenvalue weighted by Gasteiger charge is -2.30. The van der Waals surface area contributed by atoms with Crippen LogP contribution < -0.4 is 5.32 Å². The summed E-state index contributed by atoms with van der Waals surface area (Å²) in [6, 6.07) is 4.48. The smallest absolute Gasteiger partial charge is 0.374 e. The Balaban J connectivity index is 1.88. The van der Waals surface area contributed by atoms with E-state index in [0.717, 1.165) is 6.26 Å². The maximum absolute atomic E-state index is 14.3. The van der Waals surface area contributed by atoms with Crippen LogP contribution in [-0.4, -0.2) is 41.4 Å². The predicted molar refractivity (Wildman–Crippen MR) is 140 cm³/mol. The fourth-order valence-corrected chi connectivity index (χ4v) is 5.34. The van der Waals surface area contributed by atoms with Gasteiger partial charge in [-0.3, -0.25) is 9.59 Å². The number of halogens is 12. The van der Waals surface area contributed by atoms with Gasteiger partial charge in [-0.15, -0.1) is 0 Å². The molecule has 2 aromatic rings. The molecule has 230 valence electrons. The summed E-state index contributed by atoms with van der Waals surface area (Å²) in [5.41, 5.74) is -6.18. The first-order valence-electron chi connectivity index (χ1n) is 11.1. The second kappa shape index (κ2) is 12.0. The largest absolute Gasteiger partial charge is 0.474 e. The van der Waals surface area contributed by atoms with Gasteiger partial charge in [0, 0.05) is 22.0 Å². The third-order valence-electron chi connectivity index (χ3n) is 5.90. The average molecular weight is 735 g/mol. The highest BCUT2D eigenvalue weighted by Gasteiger charge is 2.63. The number of carbonyl (C=O) groups excluding carboxylic acids is 2. The summed E-state index contributed by atoms with van der Waals surface area (Å²) in [5, 5.41) is 2.93. The summed E-state index contributed by atoms with van der Waals surface area (Å²) >= 11 is 14.4. The molecule has 0 fully saturated rings. The number of rotatable bonds is 5. The normalized spacial score (nSPS) is 19.2. The molecule has 3 rings (SSSR count). The minimum Gasteiger partial charge on any atom is -0.374 e. The van der Waals surface area contributed by atoms with Crippen molar-refractivity contribution in [3.63, 3.8) is 0 Å². The molecule has 0 spiro atoms. The Bertz CT molecular complexity index is 1500. The highest BCUT2D eigenvalue weighted by atomic mass is 79.9. The van der Waals surface area contributed by atoms with Gasteiger partial charge < -0.3 is 10.2 Å². The fourth-order valence-electron chi connectivity index (χ4n) is 3.53. The van der Waals surface area contributed by atoms with Crippen molar-refractivity contribution in [1.29, 1.82) is 0 Å². The van der Waals surface area contributed by atoms with Crippen LogP contribution in [0, 0.1) is 0 Å². The lowest BCUT2D eigenvalue weighted by molar-refractivity contribution is -0.276. The molecule has 1 heterocycles. The molecule has 6 nitrogen and oxygen atoms in total. The number of benzene rings is 2. The zero-order chi connectivity index (χ0) is 32.0. The van der Waals surface area contributed by atoms with E-state index in [0.29, 0.717) is 6.07 Å². The molecular formula is C23H15BrCl2F9N3O3S. The van der Waals surface area contributed by atoms with Gasteiger partial charge in [0.1, 0.15) is 0 Å². The van der Waals surface area contributed by atoms with E-state index in [1.165, 1.54) is 25.1 Å². The molecule has 3 atom stereocenters. The highest BCUT2D eigenvalue weighted by Crippen LogP contribution is 2.51. The zero-order valence-corrected chi connectivity index (χ0v) is 24.6. The van der Waals surface area contributed by atoms with E-state index in [2.05, 4.69) is 30.8 Å². The van der Waals surface area contributed by atoms with Crippen molar-refractivity contribution in [2.24, 2.45) is 9.52 Å². The number of nitrogens with zero attached hydrogens (tertiary/aromatic N) is 2. The van der Waals surface area contributed by atoms with Crippen LogP contribution in [0.15, 0.2) is 44.3 Å². The Morgan fingerprint density at radius 2 is 1.71 bits per heavy atom. The molecule has 1 aliphatic heterocycles. The number of carbonyl (C=O) groups is 2. The van der Waals surface area contributed by atoms with Crippen LogP contribution in [0.2, 0.25) is 10.0 Å². The molecule has 1 N–H and O–H groups in total. The average Bonchev–Trinajstić information content (AvgIpc) is 3.32. The first kappa shape index (κ1) is 34.1. The van der Waals surface area contributed by atoms with E-state index < -0.39 is 79.5 Å². The number of alkyl halides is 9. The maximum Gasteiger partial charge on any atom is 0.474 e. The first-order valence-corrected chi connectivity index (χ1v) is 14.3. The van der Waals surface area contributed by atoms with Crippen molar-refractivity contribution in [3.8, 4) is 0 Å². The van der Waals surface area contributed by atoms with E-state index in [1.54, 1.807) is 0 Å². The lowest BCUT2D eigenvalue weighted by Crippen LogP contribution is -2.43. The first-order chi connectivity index (χ1) is 19.1. The topological polar surface area (TPSA) is 80.1 Å². The standard InChI is InChI=1S/C23H15BrCl2F9N3O3S/c1-9(42(2)38-19(40)22(30,31)32)18(39)36-15-4-3-10(5-13(15)24)16-8-20(41-37-16,23(33,34)35)11-6-12(21(27,28)29)17(26)14(25)7-11/h3-7,9H,8H2,1-2H3,(H,36,39). The van der Waals surface area contributed by atoms with Gasteiger partial charge in [-0.1, -0.05) is 45.1 Å². The fraction of sp³-hybridized carbons (Fsp3) is 0.348. The molecule has 2 amide bonds. The van der Waals surface area contributed by atoms with Crippen LogP contribution in [-0.2, 0) is 36.9 Å². The van der Waals surface area contributed by atoms with Gasteiger partial charge in [-0.05, 0) is 53.4 Å². The Morgan fingerprint density at radius 3 is 2.24 bits per heavy atom. The monoisotopic (exact) mass is 733 g/mol. The number of anilines is 1. The molecule has 42 heavy (non-hydrogen) atoms. The number of amides is 2. The summed E-state index contributed by atoms with van der Waals surface area (Å²) in [5.74, 6) is -3.16. The second-order valence-electron chi connectivity index (χ2n) is 8.69. The molecule has 1 aliphatic rings. The summed E-state index contributed by atoms with van der Waals surface area (Å²) in [4.78, 5) is 28.4. The minimum absolute atomic E-state index is 0.0242. The quantitative estimate of drug-likeness (QED) is 0.315. The summed E-state index contributed by atoms with van der Waals surface area (Å²) in [6.45, 7) is 1.24. The predicted octanol–water partition coefficient (Wildman–Crippen LogP) is 8.20. The zero-order valence-electron chi connectivity index (χ0n) is 20.7. The molecule has 0 radical (unpaired) electrons. The van der Waals surface area contributed by atoms with Crippen LogP contribution in [0.3, 0.4) is 0 Å². The van der Waals surface area contributed by atoms with Crippen LogP contribution in [0.4, 0.5) is 45.2 Å². The highest BCUT2D eigenvalue weighted by molar-refractivity contribution is 9.10. The summed E-state index contributed by atoms with van der Waals surface area (Å²) < 4.78 is 124. The van der Waals surface area contributed by atoms with Crippen molar-refractivity contribution in [2.45, 2.75) is 42.7 Å². The molecular weight excluding hydrogens is 720 g/mol. The molecule has 0 saturated carbocycles. The number of hydrogen-bond donors (Lipinski definition) is 1. The van der Waals surface area contributed by atoms with Gasteiger partial charge >= 0.3 is 24.4 Å². The van der Waals surface area contributed by atoms with Crippen LogP contribution in [0.1, 0.15) is 30.0 Å². The van der Waals surface area contributed by atoms with Gasteiger partial charge in [-0.25, -0.2) is 0 Å². The van der Waals surface area contributed by atoms with Gasteiger partial charge in [-0.2, -0.15) is 43.9 Å². The van der Waals surface area contributed by atoms with Crippen LogP contribution in [0.5, 0.6) is 0 Å². The minimum atomic E-state index is -5.27. The molecule has 0 saturated heterocycles. The van der Waals surface area contributed by atoms with Crippen molar-refractivity contribution in [1.82, 2.24) is 0 Å². The Morgan fingerprint density at radius 1 is 1.10 bits per heavy atom. The van der Waals surface area contributed by atoms with Crippen molar-refractivity contribution in [2.75, 3.05) is 11.6 Å². The number of nitrogens with one attached hydrogen (secondary N) is 1. The van der Waals surface area contributed by atoms with Crippen molar-refractivity contribution >= 4 is 73.0 Å². The van der Waals surface area contributed by atoms with Gasteiger partial charge in [0.05, 0.1) is 32.3 Å². The molecule has 0 bridgehead atoms. The third-order valence-corrected chi connectivity index (χ3v) is 9.05. The van der Waals surface area contributed by atoms with Crippen molar-refractivity contribution in [3.05, 3.63) is 61.5 Å². The van der Waals surface area contributed by atoms with Crippen LogP contribution in [0.25, 0.3) is 0 Å². The Hall–Kier alpha value is -2.37. The van der Waals surface area contributed by atoms with Crippen LogP contribution >= 0.6 is 39.1 Å². The molecule has 0 aliphatic carbocycles. The van der Waals surface area contributed by atoms with Gasteiger partial charge in [0.15, 0.2) is 0 Å². The molecule has 19 heteroatoms. The molecule has 0 aromatic heterocycles. The lowest BCUT2D eigenvalue weighted by atomic mass is 9.85. The Labute approximate surface area is 251 Å². The number of oxime groups is 1. The molecule has 3 unspecified atom stereocenters. The van der Waals surface area contributed by atoms with E-state index >= 15 is 0 Å². The van der Waals surface area contributed by atoms with E-state index in [4.69, 9.17) is 28.0 Å². The van der Waals surface area contributed by atoms with Crippen molar-refractivity contribution < 1.29 is 53.9 Å². The molecule has 2 aromatic carbocycles. The van der Waals surface area contributed by atoms with Gasteiger partial charge in [0.2, 0.25) is 5.91 Å². The van der Waals surface area contributed by atoms with E-state index in [9.17, 15) is 49.1 Å².